The van der Waals surface area contributed by atoms with Crippen molar-refractivity contribution in [1.82, 2.24) is 15.5 Å². The zero-order chi connectivity index (χ0) is 18.1. The smallest absolute Gasteiger partial charge is 0.287 e. The van der Waals surface area contributed by atoms with E-state index in [0.717, 1.165) is 43.3 Å². The summed E-state index contributed by atoms with van der Waals surface area (Å²) in [6.07, 6.45) is 3.54. The van der Waals surface area contributed by atoms with Gasteiger partial charge in [0.25, 0.3) is 5.91 Å². The minimum Gasteiger partial charge on any atom is -0.459 e. The van der Waals surface area contributed by atoms with Gasteiger partial charge in [-0.15, -0.1) is 24.0 Å². The first-order valence-electron chi connectivity index (χ1n) is 9.12. The van der Waals surface area contributed by atoms with Crippen LogP contribution in [0.4, 0.5) is 0 Å². The number of hydrogen-bond donors (Lipinski definition) is 2. The number of halogens is 1. The molecule has 1 aliphatic heterocycles. The second-order valence-corrected chi connectivity index (χ2v) is 7.53. The molecule has 1 saturated heterocycles. The van der Waals surface area contributed by atoms with E-state index in [0.29, 0.717) is 24.1 Å². The van der Waals surface area contributed by atoms with Gasteiger partial charge in [-0.05, 0) is 32.8 Å². The molecule has 1 aromatic heterocycles. The van der Waals surface area contributed by atoms with Gasteiger partial charge in [-0.25, -0.2) is 0 Å². The van der Waals surface area contributed by atoms with Crippen molar-refractivity contribution in [3.63, 3.8) is 0 Å². The van der Waals surface area contributed by atoms with Crippen molar-refractivity contribution in [2.75, 3.05) is 38.5 Å². The van der Waals surface area contributed by atoms with Crippen LogP contribution in [0.15, 0.2) is 21.7 Å². The fourth-order valence-electron chi connectivity index (χ4n) is 2.74. The number of carbonyl (C=O) groups is 1. The van der Waals surface area contributed by atoms with Gasteiger partial charge in [0.05, 0.1) is 6.26 Å². The second-order valence-electron chi connectivity index (χ2n) is 6.12. The van der Waals surface area contributed by atoms with E-state index in [1.165, 1.54) is 12.7 Å². The largest absolute Gasteiger partial charge is 0.459 e. The van der Waals surface area contributed by atoms with Gasteiger partial charge in [-0.1, -0.05) is 6.92 Å². The van der Waals surface area contributed by atoms with Gasteiger partial charge in [0.2, 0.25) is 0 Å². The Morgan fingerprint density at radius 3 is 2.88 bits per heavy atom. The fourth-order valence-corrected chi connectivity index (χ4v) is 3.92. The van der Waals surface area contributed by atoms with Crippen LogP contribution >= 0.6 is 35.7 Å². The van der Waals surface area contributed by atoms with Crippen molar-refractivity contribution in [3.05, 3.63) is 23.7 Å². The van der Waals surface area contributed by atoms with Gasteiger partial charge in [-0.3, -0.25) is 9.79 Å². The van der Waals surface area contributed by atoms with Crippen LogP contribution in [0.1, 0.15) is 42.8 Å². The number of amides is 1. The van der Waals surface area contributed by atoms with E-state index in [2.05, 4.69) is 41.1 Å². The summed E-state index contributed by atoms with van der Waals surface area (Å²) in [7, 11) is 0. The van der Waals surface area contributed by atoms with Crippen LogP contribution in [-0.4, -0.2) is 60.5 Å². The highest BCUT2D eigenvalue weighted by Crippen LogP contribution is 2.21. The fraction of sp³-hybridized carbons (Fsp3) is 0.667. The molecule has 2 heterocycles. The number of aryl methyl sites for hydroxylation is 1. The highest BCUT2D eigenvalue weighted by atomic mass is 127. The van der Waals surface area contributed by atoms with Gasteiger partial charge in [0, 0.05) is 49.3 Å². The average Bonchev–Trinajstić information content (AvgIpc) is 3.06. The minimum atomic E-state index is -0.155. The first kappa shape index (κ1) is 23.1. The molecule has 6 nitrogen and oxygen atoms in total. The molecule has 1 amide bonds. The van der Waals surface area contributed by atoms with Crippen LogP contribution in [0, 0.1) is 6.92 Å². The van der Waals surface area contributed by atoms with Crippen molar-refractivity contribution in [2.24, 2.45) is 4.99 Å². The number of carbonyl (C=O) groups excluding carboxylic acids is 1. The lowest BCUT2D eigenvalue weighted by Crippen LogP contribution is -2.48. The number of furan rings is 1. The molecule has 1 atom stereocenters. The van der Waals surface area contributed by atoms with Crippen LogP contribution in [-0.2, 0) is 0 Å². The van der Waals surface area contributed by atoms with Gasteiger partial charge >= 0.3 is 0 Å². The van der Waals surface area contributed by atoms with Crippen LogP contribution in [0.3, 0.4) is 0 Å². The molecule has 0 bridgehead atoms. The Hall–Kier alpha value is -0.900. The van der Waals surface area contributed by atoms with Crippen molar-refractivity contribution in [2.45, 2.75) is 38.9 Å². The summed E-state index contributed by atoms with van der Waals surface area (Å²) in [4.78, 5) is 19.1. The van der Waals surface area contributed by atoms with Crippen LogP contribution in [0.25, 0.3) is 0 Å². The Bertz CT molecular complexity index is 579. The molecule has 1 unspecified atom stereocenters. The van der Waals surface area contributed by atoms with Crippen molar-refractivity contribution in [1.29, 1.82) is 0 Å². The Morgan fingerprint density at radius 1 is 1.42 bits per heavy atom. The third kappa shape index (κ3) is 7.02. The van der Waals surface area contributed by atoms with Gasteiger partial charge in [-0.2, -0.15) is 11.8 Å². The zero-order valence-corrected chi connectivity index (χ0v) is 19.1. The summed E-state index contributed by atoms with van der Waals surface area (Å²) in [5.41, 5.74) is 0.860. The van der Waals surface area contributed by atoms with Crippen LogP contribution in [0.5, 0.6) is 0 Å². The molecule has 1 aliphatic rings. The minimum absolute atomic E-state index is 0. The second kappa shape index (κ2) is 12.5. The van der Waals surface area contributed by atoms with Gasteiger partial charge in [0.1, 0.15) is 0 Å². The van der Waals surface area contributed by atoms with E-state index in [-0.39, 0.29) is 29.9 Å². The standard InChI is InChI=1S/C18H30N4O2S.HI/c1-4-15-13-22(10-12-25-15)18(19-5-2)21-9-6-8-20-17(23)16-14(3)7-11-24-16;/h7,11,15H,4-6,8-10,12-13H2,1-3H3,(H,19,21)(H,20,23);1H. The van der Waals surface area contributed by atoms with E-state index in [1.807, 2.05) is 6.92 Å². The van der Waals surface area contributed by atoms with E-state index in [1.54, 1.807) is 6.07 Å². The predicted octanol–water partition coefficient (Wildman–Crippen LogP) is 3.12. The number of thioether (sulfide) groups is 1. The summed E-state index contributed by atoms with van der Waals surface area (Å²) in [6, 6.07) is 1.79. The van der Waals surface area contributed by atoms with Gasteiger partial charge in [0.15, 0.2) is 11.7 Å². The number of aliphatic imine (C=N–C) groups is 1. The summed E-state index contributed by atoms with van der Waals surface area (Å²) in [6.45, 7) is 10.5. The first-order valence-corrected chi connectivity index (χ1v) is 10.2. The molecule has 0 aromatic carbocycles. The highest BCUT2D eigenvalue weighted by molar-refractivity contribution is 14.0. The maximum atomic E-state index is 12.0. The topological polar surface area (TPSA) is 69.9 Å². The third-order valence-corrected chi connectivity index (χ3v) is 5.55. The molecule has 2 rings (SSSR count). The van der Waals surface area contributed by atoms with E-state index >= 15 is 0 Å². The van der Waals surface area contributed by atoms with Crippen LogP contribution < -0.4 is 10.6 Å². The summed E-state index contributed by atoms with van der Waals surface area (Å²) in [5, 5.41) is 6.97. The number of guanidine groups is 1. The number of hydrogen-bond acceptors (Lipinski definition) is 4. The predicted molar refractivity (Wildman–Crippen MR) is 120 cm³/mol. The average molecular weight is 494 g/mol. The Labute approximate surface area is 178 Å². The quantitative estimate of drug-likeness (QED) is 0.264. The molecule has 148 valence electrons. The Kier molecular flexibility index (Phi) is 11.1. The number of rotatable bonds is 7. The van der Waals surface area contributed by atoms with Crippen molar-refractivity contribution < 1.29 is 9.21 Å². The normalized spacial score (nSPS) is 17.6. The Balaban J connectivity index is 0.00000338. The van der Waals surface area contributed by atoms with Crippen LogP contribution in [0.2, 0.25) is 0 Å². The SMILES string of the molecule is CCNC(=NCCCNC(=O)c1occc1C)N1CCSC(CC)C1.I. The van der Waals surface area contributed by atoms with Gasteiger partial charge < -0.3 is 20.0 Å². The third-order valence-electron chi connectivity index (χ3n) is 4.18. The molecule has 1 fully saturated rings. The monoisotopic (exact) mass is 494 g/mol. The maximum Gasteiger partial charge on any atom is 0.287 e. The summed E-state index contributed by atoms with van der Waals surface area (Å²) >= 11 is 2.06. The molecule has 2 N–H and O–H groups in total. The molecule has 0 aliphatic carbocycles. The molecule has 0 radical (unpaired) electrons. The number of nitrogens with one attached hydrogen (secondary N) is 2. The lowest BCUT2D eigenvalue weighted by molar-refractivity contribution is 0.0925. The molecule has 1 aromatic rings. The van der Waals surface area contributed by atoms with Crippen molar-refractivity contribution in [3.8, 4) is 0 Å². The molecular weight excluding hydrogens is 463 g/mol. The molecule has 0 saturated carbocycles. The van der Waals surface area contributed by atoms with Crippen molar-refractivity contribution >= 4 is 47.6 Å². The van der Waals surface area contributed by atoms with E-state index in [4.69, 9.17) is 9.41 Å². The van der Waals surface area contributed by atoms with E-state index < -0.39 is 0 Å². The number of nitrogens with zero attached hydrogens (tertiary/aromatic N) is 2. The first-order chi connectivity index (χ1) is 12.2. The zero-order valence-electron chi connectivity index (χ0n) is 15.9. The summed E-state index contributed by atoms with van der Waals surface area (Å²) < 4.78 is 5.20. The lowest BCUT2D eigenvalue weighted by Gasteiger charge is -2.34. The molecule has 0 spiro atoms. The molecule has 8 heteroatoms. The highest BCUT2D eigenvalue weighted by Gasteiger charge is 2.21. The molecular formula is C18H31IN4O2S. The van der Waals surface area contributed by atoms with E-state index in [9.17, 15) is 4.79 Å². The maximum absolute atomic E-state index is 12.0. The Morgan fingerprint density at radius 2 is 2.23 bits per heavy atom. The molecule has 26 heavy (non-hydrogen) atoms. The summed E-state index contributed by atoms with van der Waals surface area (Å²) in [5.74, 6) is 2.39. The lowest BCUT2D eigenvalue weighted by atomic mass is 10.2.